The molecular weight excluding hydrogens is 298 g/mol. The molecule has 1 N–H and O–H groups in total. The third-order valence-electron chi connectivity index (χ3n) is 2.38. The van der Waals surface area contributed by atoms with Crippen LogP contribution in [0.25, 0.3) is 0 Å². The van der Waals surface area contributed by atoms with Crippen LogP contribution in [0.5, 0.6) is 5.75 Å². The second-order valence-corrected chi connectivity index (χ2v) is 4.02. The van der Waals surface area contributed by atoms with Crippen molar-refractivity contribution in [3.63, 3.8) is 0 Å². The summed E-state index contributed by atoms with van der Waals surface area (Å²) in [5.41, 5.74) is -0.307. The van der Waals surface area contributed by atoms with Crippen LogP contribution in [0.4, 0.5) is 17.6 Å². The molecule has 0 aliphatic carbocycles. The van der Waals surface area contributed by atoms with Crippen LogP contribution < -0.4 is 4.74 Å². The first-order valence-electron chi connectivity index (χ1n) is 5.55. The van der Waals surface area contributed by atoms with Crippen LogP contribution in [0.1, 0.15) is 10.4 Å². The topological polar surface area (TPSA) is 66.8 Å². The summed E-state index contributed by atoms with van der Waals surface area (Å²) in [6.07, 6.45) is -4.75. The van der Waals surface area contributed by atoms with Crippen molar-refractivity contribution >= 4 is 11.9 Å². The van der Waals surface area contributed by atoms with Gasteiger partial charge >= 0.3 is 12.1 Å². The van der Waals surface area contributed by atoms with E-state index in [1.54, 1.807) is 0 Å². The summed E-state index contributed by atoms with van der Waals surface area (Å²) in [7, 11) is 1.12. The Morgan fingerprint density at radius 1 is 1.33 bits per heavy atom. The average Bonchev–Trinajstić information content (AvgIpc) is 2.35. The van der Waals surface area contributed by atoms with Gasteiger partial charge in [-0.05, 0) is 18.2 Å². The molecule has 0 aliphatic rings. The first-order chi connectivity index (χ1) is 9.64. The third-order valence-corrected chi connectivity index (χ3v) is 2.38. The van der Waals surface area contributed by atoms with E-state index in [0.717, 1.165) is 25.3 Å². The molecule has 0 unspecified atom stereocenters. The Balaban J connectivity index is 3.07. The number of ether oxygens (including phenoxy) is 1. The van der Waals surface area contributed by atoms with Crippen molar-refractivity contribution in [2.24, 2.45) is 0 Å². The fourth-order valence-corrected chi connectivity index (χ4v) is 1.55. The number of carbonyl (C=O) groups excluding carboxylic acids is 1. The number of benzene rings is 1. The predicted molar refractivity (Wildman–Crippen MR) is 62.5 cm³/mol. The Hall–Kier alpha value is -2.32. The molecule has 21 heavy (non-hydrogen) atoms. The molecule has 0 bridgehead atoms. The lowest BCUT2D eigenvalue weighted by molar-refractivity contribution is -0.149. The van der Waals surface area contributed by atoms with E-state index in [1.165, 1.54) is 0 Å². The maximum atomic E-state index is 13.2. The Labute approximate surface area is 116 Å². The Morgan fingerprint density at radius 3 is 2.43 bits per heavy atom. The van der Waals surface area contributed by atoms with Crippen LogP contribution in [0, 0.1) is 5.82 Å². The Morgan fingerprint density at radius 2 is 1.95 bits per heavy atom. The molecule has 0 saturated carbocycles. The maximum Gasteiger partial charge on any atom is 0.406 e. The van der Waals surface area contributed by atoms with Gasteiger partial charge in [0.1, 0.15) is 13.1 Å². The molecule has 0 spiro atoms. The minimum atomic E-state index is -4.75. The van der Waals surface area contributed by atoms with E-state index >= 15 is 0 Å². The van der Waals surface area contributed by atoms with Crippen LogP contribution in [-0.2, 0) is 4.79 Å². The third kappa shape index (κ3) is 4.93. The Kier molecular flexibility index (Phi) is 5.12. The van der Waals surface area contributed by atoms with Crippen molar-refractivity contribution in [3.8, 4) is 5.75 Å². The highest BCUT2D eigenvalue weighted by Crippen LogP contribution is 2.21. The van der Waals surface area contributed by atoms with Crippen molar-refractivity contribution in [1.29, 1.82) is 0 Å². The standard InChI is InChI=1S/C12H11F4NO4/c1-21-9-4-7(2-3-8(9)13)11(20)17(5-10(18)19)6-12(14,15)16/h2-4H,5-6H2,1H3,(H,18,19). The number of carboxylic acids is 1. The molecule has 0 fully saturated rings. The molecule has 116 valence electrons. The molecule has 0 saturated heterocycles. The van der Waals surface area contributed by atoms with E-state index in [4.69, 9.17) is 5.11 Å². The van der Waals surface area contributed by atoms with Gasteiger partial charge in [-0.1, -0.05) is 0 Å². The zero-order valence-electron chi connectivity index (χ0n) is 10.8. The molecule has 0 aliphatic heterocycles. The number of hydrogen-bond donors (Lipinski definition) is 1. The number of hydrogen-bond acceptors (Lipinski definition) is 3. The lowest BCUT2D eigenvalue weighted by Gasteiger charge is -2.22. The zero-order valence-corrected chi connectivity index (χ0v) is 10.8. The Bertz CT molecular complexity index is 545. The minimum absolute atomic E-state index is 0.106. The SMILES string of the molecule is COc1cc(C(=O)N(CC(=O)O)CC(F)(F)F)ccc1F. The van der Waals surface area contributed by atoms with Gasteiger partial charge in [-0.25, -0.2) is 4.39 Å². The largest absolute Gasteiger partial charge is 0.494 e. The highest BCUT2D eigenvalue weighted by Gasteiger charge is 2.34. The van der Waals surface area contributed by atoms with E-state index in [1.807, 2.05) is 0 Å². The summed E-state index contributed by atoms with van der Waals surface area (Å²) in [6.45, 7) is -2.85. The van der Waals surface area contributed by atoms with Crippen molar-refractivity contribution in [2.45, 2.75) is 6.18 Å². The summed E-state index contributed by atoms with van der Waals surface area (Å²) >= 11 is 0. The number of nitrogens with zero attached hydrogens (tertiary/aromatic N) is 1. The quantitative estimate of drug-likeness (QED) is 0.844. The number of methoxy groups -OCH3 is 1. The number of carbonyl (C=O) groups is 2. The fraction of sp³-hybridized carbons (Fsp3) is 0.333. The maximum absolute atomic E-state index is 13.2. The van der Waals surface area contributed by atoms with Crippen molar-refractivity contribution < 1.29 is 37.0 Å². The molecule has 0 radical (unpaired) electrons. The molecule has 5 nitrogen and oxygen atoms in total. The summed E-state index contributed by atoms with van der Waals surface area (Å²) in [5.74, 6) is -3.91. The minimum Gasteiger partial charge on any atom is -0.494 e. The van der Waals surface area contributed by atoms with Crippen LogP contribution in [0.3, 0.4) is 0 Å². The van der Waals surface area contributed by atoms with Gasteiger partial charge in [0, 0.05) is 5.56 Å². The van der Waals surface area contributed by atoms with E-state index < -0.39 is 37.0 Å². The highest BCUT2D eigenvalue weighted by atomic mass is 19.4. The van der Waals surface area contributed by atoms with Crippen molar-refractivity contribution in [3.05, 3.63) is 29.6 Å². The molecule has 1 aromatic rings. The first kappa shape index (κ1) is 16.7. The van der Waals surface area contributed by atoms with Crippen molar-refractivity contribution in [2.75, 3.05) is 20.2 Å². The number of alkyl halides is 3. The van der Waals surface area contributed by atoms with Crippen LogP contribution in [0.15, 0.2) is 18.2 Å². The van der Waals surface area contributed by atoms with Crippen LogP contribution in [-0.4, -0.2) is 48.3 Å². The normalized spacial score (nSPS) is 11.1. The van der Waals surface area contributed by atoms with E-state index in [0.29, 0.717) is 0 Å². The number of halogens is 4. The van der Waals surface area contributed by atoms with Gasteiger partial charge in [0.25, 0.3) is 5.91 Å². The van der Waals surface area contributed by atoms with Gasteiger partial charge in [0.05, 0.1) is 7.11 Å². The van der Waals surface area contributed by atoms with Gasteiger partial charge in [-0.15, -0.1) is 0 Å². The van der Waals surface area contributed by atoms with Crippen LogP contribution >= 0.6 is 0 Å². The van der Waals surface area contributed by atoms with E-state index in [9.17, 15) is 27.2 Å². The summed E-state index contributed by atoms with van der Waals surface area (Å²) in [6, 6.07) is 2.70. The number of amides is 1. The molecule has 1 aromatic carbocycles. The number of carboxylic acid groups (broad SMARTS) is 1. The predicted octanol–water partition coefficient (Wildman–Crippen LogP) is 1.92. The number of rotatable bonds is 5. The molecule has 0 heterocycles. The monoisotopic (exact) mass is 309 g/mol. The van der Waals surface area contributed by atoms with E-state index in [2.05, 4.69) is 4.74 Å². The second-order valence-electron chi connectivity index (χ2n) is 4.02. The van der Waals surface area contributed by atoms with Gasteiger partial charge in [0.2, 0.25) is 0 Å². The van der Waals surface area contributed by atoms with Gasteiger partial charge in [-0.2, -0.15) is 13.2 Å². The summed E-state index contributed by atoms with van der Waals surface area (Å²) < 4.78 is 54.9. The molecule has 9 heteroatoms. The summed E-state index contributed by atoms with van der Waals surface area (Å²) in [4.78, 5) is 22.6. The van der Waals surface area contributed by atoms with Crippen LogP contribution in [0.2, 0.25) is 0 Å². The molecule has 1 rings (SSSR count). The first-order valence-corrected chi connectivity index (χ1v) is 5.55. The molecule has 0 atom stereocenters. The van der Waals surface area contributed by atoms with Gasteiger partial charge in [0.15, 0.2) is 11.6 Å². The second kappa shape index (κ2) is 6.42. The number of aliphatic carboxylic acids is 1. The lowest BCUT2D eigenvalue weighted by atomic mass is 10.1. The highest BCUT2D eigenvalue weighted by molar-refractivity contribution is 5.96. The smallest absolute Gasteiger partial charge is 0.406 e. The average molecular weight is 309 g/mol. The molecular formula is C12H11F4NO4. The lowest BCUT2D eigenvalue weighted by Crippen LogP contribution is -2.42. The zero-order chi connectivity index (χ0) is 16.2. The molecule has 0 aromatic heterocycles. The molecule has 1 amide bonds. The van der Waals surface area contributed by atoms with E-state index in [-0.39, 0.29) is 16.2 Å². The summed E-state index contributed by atoms with van der Waals surface area (Å²) in [5, 5.41) is 8.58. The van der Waals surface area contributed by atoms with Crippen molar-refractivity contribution in [1.82, 2.24) is 4.90 Å². The fourth-order valence-electron chi connectivity index (χ4n) is 1.55. The van der Waals surface area contributed by atoms with Gasteiger partial charge in [-0.3, -0.25) is 9.59 Å². The van der Waals surface area contributed by atoms with Gasteiger partial charge < -0.3 is 14.7 Å².